The number of nitro benzene ring substituents is 1. The van der Waals surface area contributed by atoms with Gasteiger partial charge >= 0.3 is 5.97 Å². The predicted octanol–water partition coefficient (Wildman–Crippen LogP) is 4.50. The van der Waals surface area contributed by atoms with Gasteiger partial charge in [-0.15, -0.1) is 0 Å². The smallest absolute Gasteiger partial charge is 0.344 e. The van der Waals surface area contributed by atoms with E-state index in [1.807, 2.05) is 25.1 Å². The Morgan fingerprint density at radius 2 is 1.66 bits per heavy atom. The zero-order chi connectivity index (χ0) is 22.9. The van der Waals surface area contributed by atoms with Gasteiger partial charge in [0.1, 0.15) is 5.52 Å². The lowest BCUT2D eigenvalue weighted by molar-refractivity contribution is -0.384. The standard InChI is InChI=1S/C23H16N2O6S/c1-15-9-10-16-5-4-7-20(22(16)24-15)31-23(26)19-6-2-3-8-21(19)32(29,30)18-13-11-17(12-14-18)25(27)28/h2-14H,1H3. The number of para-hydroxylation sites is 1. The van der Waals surface area contributed by atoms with Crippen LogP contribution in [0.1, 0.15) is 16.1 Å². The number of esters is 1. The summed E-state index contributed by atoms with van der Waals surface area (Å²) in [7, 11) is -4.14. The molecule has 0 amide bonds. The summed E-state index contributed by atoms with van der Waals surface area (Å²) in [6.07, 6.45) is 0. The molecule has 4 aromatic rings. The second-order valence-corrected chi connectivity index (χ2v) is 8.84. The van der Waals surface area contributed by atoms with E-state index in [1.165, 1.54) is 24.3 Å². The molecule has 0 saturated carbocycles. The minimum atomic E-state index is -4.14. The molecule has 0 aliphatic heterocycles. The molecule has 0 fully saturated rings. The van der Waals surface area contributed by atoms with Gasteiger partial charge in [0.2, 0.25) is 9.84 Å². The monoisotopic (exact) mass is 448 g/mol. The Kier molecular flexibility index (Phi) is 5.41. The lowest BCUT2D eigenvalue weighted by Crippen LogP contribution is -2.15. The number of nitro groups is 1. The van der Waals surface area contributed by atoms with Gasteiger partial charge in [-0.3, -0.25) is 10.1 Å². The maximum absolute atomic E-state index is 13.2. The molecule has 0 aliphatic carbocycles. The second-order valence-electron chi connectivity index (χ2n) is 6.92. The lowest BCUT2D eigenvalue weighted by Gasteiger charge is -2.11. The number of hydrogen-bond acceptors (Lipinski definition) is 7. The molecule has 0 N–H and O–H groups in total. The Balaban J connectivity index is 1.73. The Bertz CT molecular complexity index is 1460. The first kappa shape index (κ1) is 21.1. The van der Waals surface area contributed by atoms with Crippen LogP contribution in [0.25, 0.3) is 10.9 Å². The third kappa shape index (κ3) is 3.93. The lowest BCUT2D eigenvalue weighted by atomic mass is 10.2. The SMILES string of the molecule is Cc1ccc2cccc(OC(=O)c3ccccc3S(=O)(=O)c3ccc([N+](=O)[O-])cc3)c2n1. The molecule has 32 heavy (non-hydrogen) atoms. The molecule has 0 spiro atoms. The van der Waals surface area contributed by atoms with Crippen molar-refractivity contribution in [1.29, 1.82) is 0 Å². The third-order valence-corrected chi connectivity index (χ3v) is 6.61. The number of aromatic nitrogens is 1. The van der Waals surface area contributed by atoms with E-state index in [9.17, 15) is 23.3 Å². The highest BCUT2D eigenvalue weighted by Gasteiger charge is 2.26. The topological polar surface area (TPSA) is 116 Å². The van der Waals surface area contributed by atoms with Crippen molar-refractivity contribution in [1.82, 2.24) is 4.98 Å². The zero-order valence-corrected chi connectivity index (χ0v) is 17.6. The Labute approximate surface area is 183 Å². The number of benzene rings is 3. The van der Waals surface area contributed by atoms with Gasteiger partial charge in [-0.1, -0.05) is 30.3 Å². The number of ether oxygens (including phenoxy) is 1. The van der Waals surface area contributed by atoms with E-state index in [-0.39, 0.29) is 26.8 Å². The third-order valence-electron chi connectivity index (χ3n) is 4.78. The highest BCUT2D eigenvalue weighted by atomic mass is 32.2. The molecule has 4 rings (SSSR count). The quantitative estimate of drug-likeness (QED) is 0.191. The van der Waals surface area contributed by atoms with Gasteiger partial charge in [-0.25, -0.2) is 18.2 Å². The molecule has 160 valence electrons. The van der Waals surface area contributed by atoms with Crippen LogP contribution in [-0.2, 0) is 9.84 Å². The molecule has 0 bridgehead atoms. The summed E-state index contributed by atoms with van der Waals surface area (Å²) in [5.74, 6) is -0.652. The number of fused-ring (bicyclic) bond motifs is 1. The highest BCUT2D eigenvalue weighted by Crippen LogP contribution is 2.29. The molecule has 3 aromatic carbocycles. The Morgan fingerprint density at radius 3 is 2.38 bits per heavy atom. The fourth-order valence-electron chi connectivity index (χ4n) is 3.20. The van der Waals surface area contributed by atoms with Crippen LogP contribution in [0.15, 0.2) is 88.7 Å². The number of carbonyl (C=O) groups is 1. The van der Waals surface area contributed by atoms with Crippen LogP contribution < -0.4 is 4.74 Å². The van der Waals surface area contributed by atoms with Gasteiger partial charge in [0.05, 0.1) is 20.3 Å². The summed E-state index contributed by atoms with van der Waals surface area (Å²) in [5, 5.41) is 11.6. The first-order valence-electron chi connectivity index (χ1n) is 9.44. The first-order chi connectivity index (χ1) is 15.3. The van der Waals surface area contributed by atoms with Crippen molar-refractivity contribution in [2.24, 2.45) is 0 Å². The minimum absolute atomic E-state index is 0.157. The molecule has 0 radical (unpaired) electrons. The molecular weight excluding hydrogens is 432 g/mol. The van der Waals surface area contributed by atoms with Gasteiger partial charge in [0.15, 0.2) is 5.75 Å². The number of hydrogen-bond donors (Lipinski definition) is 0. The Hall–Kier alpha value is -4.11. The van der Waals surface area contributed by atoms with E-state index in [1.54, 1.807) is 12.1 Å². The first-order valence-corrected chi connectivity index (χ1v) is 10.9. The minimum Gasteiger partial charge on any atom is -0.421 e. The van der Waals surface area contributed by atoms with Crippen molar-refractivity contribution in [2.75, 3.05) is 0 Å². The maximum Gasteiger partial charge on any atom is 0.344 e. The van der Waals surface area contributed by atoms with Crippen LogP contribution in [0, 0.1) is 17.0 Å². The van der Waals surface area contributed by atoms with Crippen molar-refractivity contribution < 1.29 is 22.9 Å². The predicted molar refractivity (Wildman–Crippen MR) is 116 cm³/mol. The number of carbonyl (C=O) groups excluding carboxylic acids is 1. The van der Waals surface area contributed by atoms with Gasteiger partial charge < -0.3 is 4.74 Å². The van der Waals surface area contributed by atoms with Gasteiger partial charge in [-0.2, -0.15) is 0 Å². The van der Waals surface area contributed by atoms with Crippen molar-refractivity contribution in [2.45, 2.75) is 16.7 Å². The molecule has 0 unspecified atom stereocenters. The normalized spacial score (nSPS) is 11.3. The van der Waals surface area contributed by atoms with E-state index < -0.39 is 20.7 Å². The fraction of sp³-hybridized carbons (Fsp3) is 0.0435. The highest BCUT2D eigenvalue weighted by molar-refractivity contribution is 7.91. The number of pyridine rings is 1. The van der Waals surface area contributed by atoms with Crippen LogP contribution in [0.5, 0.6) is 5.75 Å². The molecular formula is C23H16N2O6S. The summed E-state index contributed by atoms with van der Waals surface area (Å²) in [6, 6.07) is 18.9. The largest absolute Gasteiger partial charge is 0.421 e. The fourth-order valence-corrected chi connectivity index (χ4v) is 4.65. The van der Waals surface area contributed by atoms with Crippen LogP contribution in [0.4, 0.5) is 5.69 Å². The van der Waals surface area contributed by atoms with Crippen LogP contribution in [0.3, 0.4) is 0 Å². The summed E-state index contributed by atoms with van der Waals surface area (Å²) in [5.41, 5.74) is 0.824. The number of aryl methyl sites for hydroxylation is 1. The summed E-state index contributed by atoms with van der Waals surface area (Å²) >= 11 is 0. The van der Waals surface area contributed by atoms with Crippen LogP contribution in [0.2, 0.25) is 0 Å². The summed E-state index contributed by atoms with van der Waals surface area (Å²) < 4.78 is 31.9. The van der Waals surface area contributed by atoms with Gasteiger partial charge in [0.25, 0.3) is 5.69 Å². The molecule has 9 heteroatoms. The van der Waals surface area contributed by atoms with Crippen molar-refractivity contribution in [3.8, 4) is 5.75 Å². The maximum atomic E-state index is 13.2. The van der Waals surface area contributed by atoms with E-state index in [2.05, 4.69) is 4.98 Å². The molecule has 0 aliphatic rings. The van der Waals surface area contributed by atoms with E-state index in [4.69, 9.17) is 4.74 Å². The van der Waals surface area contributed by atoms with Gasteiger partial charge in [-0.05, 0) is 43.3 Å². The molecule has 1 aromatic heterocycles. The van der Waals surface area contributed by atoms with Gasteiger partial charge in [0, 0.05) is 23.2 Å². The van der Waals surface area contributed by atoms with E-state index in [0.717, 1.165) is 35.3 Å². The average molecular weight is 448 g/mol. The Morgan fingerprint density at radius 1 is 0.938 bits per heavy atom. The molecule has 1 heterocycles. The summed E-state index contributed by atoms with van der Waals surface area (Å²) in [4.78, 5) is 27.2. The number of nitrogens with zero attached hydrogens (tertiary/aromatic N) is 2. The summed E-state index contributed by atoms with van der Waals surface area (Å²) in [6.45, 7) is 1.81. The van der Waals surface area contributed by atoms with Crippen molar-refractivity contribution >= 4 is 32.4 Å². The van der Waals surface area contributed by atoms with Crippen molar-refractivity contribution in [3.05, 3.63) is 100 Å². The van der Waals surface area contributed by atoms with Crippen LogP contribution >= 0.6 is 0 Å². The van der Waals surface area contributed by atoms with Crippen LogP contribution in [-0.4, -0.2) is 24.3 Å². The van der Waals surface area contributed by atoms with E-state index >= 15 is 0 Å². The molecule has 8 nitrogen and oxygen atoms in total. The number of non-ortho nitro benzene ring substituents is 1. The van der Waals surface area contributed by atoms with Crippen molar-refractivity contribution in [3.63, 3.8) is 0 Å². The number of sulfone groups is 1. The zero-order valence-electron chi connectivity index (χ0n) is 16.8. The molecule has 0 atom stereocenters. The van der Waals surface area contributed by atoms with E-state index in [0.29, 0.717) is 5.52 Å². The number of rotatable bonds is 5. The second kappa shape index (κ2) is 8.20. The molecule has 0 saturated heterocycles. The average Bonchev–Trinajstić information content (AvgIpc) is 2.79.